The molecule has 1 rings (SSSR count). The Labute approximate surface area is 61.4 Å². The Hall–Kier alpha value is -1.24. The predicted octanol–water partition coefficient (Wildman–Crippen LogP) is 1.93. The Kier molecular flexibility index (Phi) is 2.56. The fourth-order valence-corrected chi connectivity index (χ4v) is 0.704. The molecule has 1 nitrogen and oxygen atoms in total. The van der Waals surface area contributed by atoms with Gasteiger partial charge in [0.05, 0.1) is 6.54 Å². The van der Waals surface area contributed by atoms with Crippen molar-refractivity contribution >= 4 is 0 Å². The van der Waals surface area contributed by atoms with Crippen LogP contribution in [-0.4, -0.2) is 0 Å². The maximum atomic E-state index is 3.53. The van der Waals surface area contributed by atoms with Crippen LogP contribution in [0, 0.1) is 6.54 Å². The van der Waals surface area contributed by atoms with E-state index in [2.05, 4.69) is 11.9 Å². The zero-order chi connectivity index (χ0) is 7.23. The minimum absolute atomic E-state index is 1.16. The van der Waals surface area contributed by atoms with Crippen LogP contribution in [0.4, 0.5) is 0 Å². The summed E-state index contributed by atoms with van der Waals surface area (Å²) in [5, 5.41) is 2.90. The minimum atomic E-state index is 1.16. The lowest BCUT2D eigenvalue weighted by Crippen LogP contribution is -1.99. The summed E-state index contributed by atoms with van der Waals surface area (Å²) >= 11 is 0. The molecule has 1 aromatic carbocycles. The van der Waals surface area contributed by atoms with Gasteiger partial charge >= 0.3 is 0 Å². The largest absolute Gasteiger partial charge is 0.382 e. The lowest BCUT2D eigenvalue weighted by molar-refractivity contribution is 1.09. The molecule has 0 aliphatic rings. The molecule has 1 radical (unpaired) electrons. The van der Waals surface area contributed by atoms with E-state index in [1.807, 2.05) is 36.9 Å². The quantitative estimate of drug-likeness (QED) is 0.662. The van der Waals surface area contributed by atoms with E-state index < -0.39 is 0 Å². The van der Waals surface area contributed by atoms with Gasteiger partial charge < -0.3 is 5.32 Å². The van der Waals surface area contributed by atoms with E-state index in [0.717, 1.165) is 5.56 Å². The molecule has 10 heavy (non-hydrogen) atoms. The van der Waals surface area contributed by atoms with Gasteiger partial charge in [-0.15, -0.1) is 0 Å². The van der Waals surface area contributed by atoms with E-state index >= 15 is 0 Å². The Bertz CT molecular complexity index is 191. The van der Waals surface area contributed by atoms with E-state index in [-0.39, 0.29) is 0 Å². The Morgan fingerprint density at radius 3 is 2.50 bits per heavy atom. The molecule has 0 fully saturated rings. The second kappa shape index (κ2) is 3.72. The number of benzene rings is 1. The van der Waals surface area contributed by atoms with Crippen LogP contribution in [0.1, 0.15) is 5.56 Å². The molecule has 0 heterocycles. The summed E-state index contributed by atoms with van der Waals surface area (Å²) in [6, 6.07) is 10.0. The van der Waals surface area contributed by atoms with Crippen molar-refractivity contribution in [1.29, 1.82) is 0 Å². The van der Waals surface area contributed by atoms with Gasteiger partial charge in [0.25, 0.3) is 0 Å². The van der Waals surface area contributed by atoms with Crippen LogP contribution in [0.3, 0.4) is 0 Å². The van der Waals surface area contributed by atoms with Crippen LogP contribution in [-0.2, 0) is 0 Å². The fourth-order valence-electron chi connectivity index (χ4n) is 0.704. The summed E-state index contributed by atoms with van der Waals surface area (Å²) in [6.45, 7) is 5.43. The van der Waals surface area contributed by atoms with Crippen LogP contribution in [0.15, 0.2) is 43.1 Å². The molecule has 0 bridgehead atoms. The van der Waals surface area contributed by atoms with Crippen molar-refractivity contribution in [1.82, 2.24) is 5.32 Å². The summed E-state index contributed by atoms with van der Waals surface area (Å²) in [6.07, 6.45) is 1.65. The summed E-state index contributed by atoms with van der Waals surface area (Å²) in [4.78, 5) is 0. The molecule has 0 amide bonds. The second-order valence-corrected chi connectivity index (χ2v) is 1.93. The molecule has 0 aliphatic heterocycles. The number of hydrogen-bond acceptors (Lipinski definition) is 1. The number of rotatable bonds is 3. The highest BCUT2D eigenvalue weighted by Crippen LogP contribution is 1.98. The van der Waals surface area contributed by atoms with Crippen molar-refractivity contribution in [3.63, 3.8) is 0 Å². The molecular weight excluding hydrogens is 122 g/mol. The third kappa shape index (κ3) is 1.94. The van der Waals surface area contributed by atoms with E-state index in [9.17, 15) is 0 Å². The van der Waals surface area contributed by atoms with Crippen molar-refractivity contribution in [2.45, 2.75) is 0 Å². The van der Waals surface area contributed by atoms with Gasteiger partial charge in [-0.25, -0.2) is 0 Å². The van der Waals surface area contributed by atoms with Crippen molar-refractivity contribution in [3.05, 3.63) is 55.2 Å². The molecule has 0 aromatic heterocycles. The Morgan fingerprint density at radius 2 is 1.90 bits per heavy atom. The first-order chi connectivity index (χ1) is 4.93. The molecule has 0 aliphatic carbocycles. The summed E-state index contributed by atoms with van der Waals surface area (Å²) in [7, 11) is 0. The average Bonchev–Trinajstić information content (AvgIpc) is 2.03. The first-order valence-electron chi connectivity index (χ1n) is 3.18. The van der Waals surface area contributed by atoms with Gasteiger partial charge in [-0.1, -0.05) is 36.9 Å². The molecule has 1 heteroatoms. The highest BCUT2D eigenvalue weighted by molar-refractivity contribution is 5.21. The fraction of sp³-hybridized carbons (Fsp3) is 0. The van der Waals surface area contributed by atoms with Crippen molar-refractivity contribution in [2.75, 3.05) is 0 Å². The highest BCUT2D eigenvalue weighted by atomic mass is 14.8. The van der Waals surface area contributed by atoms with Crippen LogP contribution in [0.5, 0.6) is 0 Å². The Morgan fingerprint density at radius 1 is 1.20 bits per heavy atom. The highest BCUT2D eigenvalue weighted by Gasteiger charge is 1.85. The average molecular weight is 132 g/mol. The van der Waals surface area contributed by atoms with Gasteiger partial charge in [0.15, 0.2) is 0 Å². The SMILES string of the molecule is C=CN[CH]c1ccccc1. The van der Waals surface area contributed by atoms with E-state index in [4.69, 9.17) is 0 Å². The zero-order valence-electron chi connectivity index (χ0n) is 5.75. The van der Waals surface area contributed by atoms with Gasteiger partial charge in [0.2, 0.25) is 0 Å². The maximum absolute atomic E-state index is 3.53. The first-order valence-corrected chi connectivity index (χ1v) is 3.18. The van der Waals surface area contributed by atoms with Crippen LogP contribution >= 0.6 is 0 Å². The third-order valence-corrected chi connectivity index (χ3v) is 1.17. The minimum Gasteiger partial charge on any atom is -0.382 e. The topological polar surface area (TPSA) is 12.0 Å². The molecule has 0 saturated carbocycles. The zero-order valence-corrected chi connectivity index (χ0v) is 5.75. The molecule has 0 saturated heterocycles. The smallest absolute Gasteiger partial charge is 0.0751 e. The van der Waals surface area contributed by atoms with Gasteiger partial charge in [-0.05, 0) is 11.8 Å². The second-order valence-electron chi connectivity index (χ2n) is 1.93. The molecule has 0 spiro atoms. The maximum Gasteiger partial charge on any atom is 0.0751 e. The lowest BCUT2D eigenvalue weighted by atomic mass is 10.2. The molecule has 0 atom stereocenters. The molecule has 1 aromatic rings. The van der Waals surface area contributed by atoms with E-state index in [1.54, 1.807) is 6.20 Å². The standard InChI is InChI=1S/C9H10N/c1-2-10-8-9-6-4-3-5-7-9/h2-8,10H,1H2. The predicted molar refractivity (Wildman–Crippen MR) is 43.2 cm³/mol. The van der Waals surface area contributed by atoms with Crippen LogP contribution < -0.4 is 5.32 Å². The van der Waals surface area contributed by atoms with Gasteiger partial charge in [0, 0.05) is 0 Å². The molecule has 51 valence electrons. The first kappa shape index (κ1) is 6.87. The number of nitrogens with one attached hydrogen (secondary N) is 1. The van der Waals surface area contributed by atoms with Crippen molar-refractivity contribution in [3.8, 4) is 0 Å². The lowest BCUT2D eigenvalue weighted by Gasteiger charge is -1.97. The molecular formula is C9H10N. The van der Waals surface area contributed by atoms with E-state index in [0.29, 0.717) is 0 Å². The monoisotopic (exact) mass is 132 g/mol. The summed E-state index contributed by atoms with van der Waals surface area (Å²) < 4.78 is 0. The van der Waals surface area contributed by atoms with Crippen LogP contribution in [0.2, 0.25) is 0 Å². The normalized spacial score (nSPS) is 8.80. The third-order valence-electron chi connectivity index (χ3n) is 1.17. The molecule has 0 unspecified atom stereocenters. The van der Waals surface area contributed by atoms with Crippen LogP contribution in [0.25, 0.3) is 0 Å². The van der Waals surface area contributed by atoms with Crippen molar-refractivity contribution < 1.29 is 0 Å². The summed E-state index contributed by atoms with van der Waals surface area (Å²) in [5.41, 5.74) is 1.16. The number of hydrogen-bond donors (Lipinski definition) is 1. The van der Waals surface area contributed by atoms with Gasteiger partial charge in [-0.2, -0.15) is 0 Å². The van der Waals surface area contributed by atoms with Gasteiger partial charge in [-0.3, -0.25) is 0 Å². The van der Waals surface area contributed by atoms with Gasteiger partial charge in [0.1, 0.15) is 0 Å². The summed E-state index contributed by atoms with van der Waals surface area (Å²) in [5.74, 6) is 0. The molecule has 1 N–H and O–H groups in total. The van der Waals surface area contributed by atoms with Crippen molar-refractivity contribution in [2.24, 2.45) is 0 Å². The Balaban J connectivity index is 2.50. The van der Waals surface area contributed by atoms with E-state index in [1.165, 1.54) is 0 Å².